The van der Waals surface area contributed by atoms with Gasteiger partial charge in [0.2, 0.25) is 5.91 Å². The van der Waals surface area contributed by atoms with E-state index in [0.29, 0.717) is 0 Å². The Kier molecular flexibility index (Phi) is 3.08. The van der Waals surface area contributed by atoms with Crippen LogP contribution in [0.2, 0.25) is 0 Å². The van der Waals surface area contributed by atoms with Crippen LogP contribution >= 0.6 is 0 Å². The van der Waals surface area contributed by atoms with Crippen LogP contribution < -0.4 is 10.2 Å². The molecule has 2 fully saturated rings. The Labute approximate surface area is 125 Å². The monoisotopic (exact) mass is 286 g/mol. The van der Waals surface area contributed by atoms with Crippen LogP contribution in [-0.2, 0) is 9.59 Å². The van der Waals surface area contributed by atoms with Crippen molar-refractivity contribution in [2.45, 2.75) is 52.1 Å². The van der Waals surface area contributed by atoms with Gasteiger partial charge in [-0.2, -0.15) is 0 Å². The molecule has 1 aromatic rings. The van der Waals surface area contributed by atoms with Crippen molar-refractivity contribution < 1.29 is 9.59 Å². The molecule has 4 nitrogen and oxygen atoms in total. The fourth-order valence-electron chi connectivity index (χ4n) is 3.19. The standard InChI is InChI=1S/C17H22N2O2/c1-10-5-6-11(2)14(9-10)19-12(3)15(20)18-17(4,16(19)21)13-7-8-13/h5-6,9,12-13H,7-8H2,1-4H3,(H,18,20). The van der Waals surface area contributed by atoms with Crippen LogP contribution in [0.15, 0.2) is 18.2 Å². The van der Waals surface area contributed by atoms with E-state index in [1.54, 1.807) is 11.8 Å². The van der Waals surface area contributed by atoms with Crippen molar-refractivity contribution in [2.24, 2.45) is 5.92 Å². The predicted molar refractivity (Wildman–Crippen MR) is 82.1 cm³/mol. The molecule has 2 unspecified atom stereocenters. The SMILES string of the molecule is Cc1ccc(C)c(N2C(=O)C(C)(C3CC3)NC(=O)C2C)c1. The van der Waals surface area contributed by atoms with E-state index in [-0.39, 0.29) is 17.7 Å². The van der Waals surface area contributed by atoms with Crippen molar-refractivity contribution in [1.29, 1.82) is 0 Å². The zero-order chi connectivity index (χ0) is 15.4. The highest BCUT2D eigenvalue weighted by atomic mass is 16.2. The van der Waals surface area contributed by atoms with Crippen LogP contribution in [0.25, 0.3) is 0 Å². The summed E-state index contributed by atoms with van der Waals surface area (Å²) in [5, 5.41) is 2.96. The maximum absolute atomic E-state index is 13.1. The number of rotatable bonds is 2. The lowest BCUT2D eigenvalue weighted by molar-refractivity contribution is -0.138. The largest absolute Gasteiger partial charge is 0.340 e. The normalized spacial score (nSPS) is 29.5. The summed E-state index contributed by atoms with van der Waals surface area (Å²) in [6.45, 7) is 7.65. The minimum Gasteiger partial charge on any atom is -0.340 e. The maximum atomic E-state index is 13.1. The molecule has 1 saturated carbocycles. The molecule has 4 heteroatoms. The molecule has 1 N–H and O–H groups in total. The highest BCUT2D eigenvalue weighted by molar-refractivity contribution is 6.11. The van der Waals surface area contributed by atoms with Gasteiger partial charge in [0.25, 0.3) is 5.91 Å². The number of carbonyl (C=O) groups excluding carboxylic acids is 2. The van der Waals surface area contributed by atoms with E-state index in [0.717, 1.165) is 29.7 Å². The Morgan fingerprint density at radius 2 is 1.90 bits per heavy atom. The minimum absolute atomic E-state index is 0.0193. The smallest absolute Gasteiger partial charge is 0.253 e. The summed E-state index contributed by atoms with van der Waals surface area (Å²) in [5.41, 5.74) is 2.22. The van der Waals surface area contributed by atoms with Crippen LogP contribution in [0.5, 0.6) is 0 Å². The highest BCUT2D eigenvalue weighted by Crippen LogP contribution is 2.43. The number of hydrogen-bond donors (Lipinski definition) is 1. The molecule has 112 valence electrons. The fraction of sp³-hybridized carbons (Fsp3) is 0.529. The third kappa shape index (κ3) is 2.13. The van der Waals surface area contributed by atoms with Gasteiger partial charge in [-0.15, -0.1) is 0 Å². The number of nitrogens with zero attached hydrogens (tertiary/aromatic N) is 1. The molecule has 1 heterocycles. The summed E-state index contributed by atoms with van der Waals surface area (Å²) in [4.78, 5) is 27.1. The summed E-state index contributed by atoms with van der Waals surface area (Å²) in [7, 11) is 0. The zero-order valence-electron chi connectivity index (χ0n) is 13.1. The van der Waals surface area contributed by atoms with Crippen molar-refractivity contribution in [3.63, 3.8) is 0 Å². The molecule has 1 aliphatic carbocycles. The first-order valence-corrected chi connectivity index (χ1v) is 7.57. The Morgan fingerprint density at radius 1 is 1.24 bits per heavy atom. The van der Waals surface area contributed by atoms with E-state index < -0.39 is 11.6 Å². The van der Waals surface area contributed by atoms with Gasteiger partial charge in [-0.25, -0.2) is 0 Å². The van der Waals surface area contributed by atoms with Gasteiger partial charge in [0.05, 0.1) is 0 Å². The molecule has 3 rings (SSSR count). The molecule has 2 aliphatic rings. The lowest BCUT2D eigenvalue weighted by atomic mass is 9.89. The van der Waals surface area contributed by atoms with Gasteiger partial charge >= 0.3 is 0 Å². The number of carbonyl (C=O) groups is 2. The van der Waals surface area contributed by atoms with Crippen LogP contribution in [0, 0.1) is 19.8 Å². The van der Waals surface area contributed by atoms with Gasteiger partial charge < -0.3 is 5.32 Å². The van der Waals surface area contributed by atoms with E-state index >= 15 is 0 Å². The number of amides is 2. The summed E-state index contributed by atoms with van der Waals surface area (Å²) in [5.74, 6) is 0.227. The number of hydrogen-bond acceptors (Lipinski definition) is 2. The molecule has 0 aromatic heterocycles. The van der Waals surface area contributed by atoms with E-state index in [4.69, 9.17) is 0 Å². The second-order valence-corrected chi connectivity index (χ2v) is 6.61. The van der Waals surface area contributed by atoms with E-state index in [9.17, 15) is 9.59 Å². The fourth-order valence-corrected chi connectivity index (χ4v) is 3.19. The average Bonchev–Trinajstić information content (AvgIpc) is 3.25. The number of nitrogens with one attached hydrogen (secondary N) is 1. The third-order valence-electron chi connectivity index (χ3n) is 4.83. The number of benzene rings is 1. The molecule has 2 atom stereocenters. The quantitative estimate of drug-likeness (QED) is 0.907. The van der Waals surface area contributed by atoms with Crippen LogP contribution in [0.4, 0.5) is 5.69 Å². The van der Waals surface area contributed by atoms with Gasteiger partial charge in [-0.3, -0.25) is 14.5 Å². The summed E-state index contributed by atoms with van der Waals surface area (Å²) in [6, 6.07) is 5.56. The second kappa shape index (κ2) is 4.58. The molecule has 1 aromatic carbocycles. The number of anilines is 1. The first-order chi connectivity index (χ1) is 9.84. The van der Waals surface area contributed by atoms with E-state index in [1.165, 1.54) is 0 Å². The Balaban J connectivity index is 2.07. The lowest BCUT2D eigenvalue weighted by Gasteiger charge is -2.44. The minimum atomic E-state index is -0.750. The topological polar surface area (TPSA) is 49.4 Å². The predicted octanol–water partition coefficient (Wildman–Crippen LogP) is 2.32. The molecule has 0 spiro atoms. The molecule has 21 heavy (non-hydrogen) atoms. The van der Waals surface area contributed by atoms with Crippen LogP contribution in [0.3, 0.4) is 0 Å². The van der Waals surface area contributed by atoms with Crippen molar-refractivity contribution in [1.82, 2.24) is 5.32 Å². The lowest BCUT2D eigenvalue weighted by Crippen LogP contribution is -2.70. The Morgan fingerprint density at radius 3 is 2.52 bits per heavy atom. The molecular weight excluding hydrogens is 264 g/mol. The maximum Gasteiger partial charge on any atom is 0.253 e. The summed E-state index contributed by atoms with van der Waals surface area (Å²) in [6.07, 6.45) is 2.02. The zero-order valence-corrected chi connectivity index (χ0v) is 13.1. The number of piperazine rings is 1. The van der Waals surface area contributed by atoms with Crippen LogP contribution in [0.1, 0.15) is 37.8 Å². The molecule has 0 radical (unpaired) electrons. The third-order valence-corrected chi connectivity index (χ3v) is 4.83. The van der Waals surface area contributed by atoms with Gasteiger partial charge in [-0.1, -0.05) is 12.1 Å². The van der Waals surface area contributed by atoms with E-state index in [1.807, 2.05) is 39.0 Å². The van der Waals surface area contributed by atoms with Gasteiger partial charge in [-0.05, 0) is 63.6 Å². The number of aryl methyl sites for hydroxylation is 2. The molecule has 1 aliphatic heterocycles. The second-order valence-electron chi connectivity index (χ2n) is 6.61. The molecule has 1 saturated heterocycles. The van der Waals surface area contributed by atoms with Gasteiger partial charge in [0.15, 0.2) is 0 Å². The Hall–Kier alpha value is -1.84. The molecule has 0 bridgehead atoms. The van der Waals surface area contributed by atoms with Crippen molar-refractivity contribution in [2.75, 3.05) is 4.90 Å². The van der Waals surface area contributed by atoms with Gasteiger partial charge in [0, 0.05) is 5.69 Å². The Bertz CT molecular complexity index is 621. The first kappa shape index (κ1) is 14.1. The average molecular weight is 286 g/mol. The van der Waals surface area contributed by atoms with E-state index in [2.05, 4.69) is 5.32 Å². The summed E-state index contributed by atoms with van der Waals surface area (Å²) >= 11 is 0. The first-order valence-electron chi connectivity index (χ1n) is 7.57. The van der Waals surface area contributed by atoms with Crippen molar-refractivity contribution in [3.8, 4) is 0 Å². The highest BCUT2D eigenvalue weighted by Gasteiger charge is 2.55. The van der Waals surface area contributed by atoms with Crippen molar-refractivity contribution >= 4 is 17.5 Å². The molecular formula is C17H22N2O2. The van der Waals surface area contributed by atoms with Crippen molar-refractivity contribution in [3.05, 3.63) is 29.3 Å². The summed E-state index contributed by atoms with van der Waals surface area (Å²) < 4.78 is 0. The van der Waals surface area contributed by atoms with Crippen LogP contribution in [-0.4, -0.2) is 23.4 Å². The van der Waals surface area contributed by atoms with Gasteiger partial charge in [0.1, 0.15) is 11.6 Å². The molecule has 2 amide bonds.